The first-order valence-electron chi connectivity index (χ1n) is 8.31. The third kappa shape index (κ3) is 3.07. The monoisotopic (exact) mass is 332 g/mol. The molecule has 0 amide bonds. The van der Waals surface area contributed by atoms with Crippen molar-refractivity contribution >= 4 is 20.8 Å². The van der Waals surface area contributed by atoms with Gasteiger partial charge in [0.15, 0.2) is 0 Å². The first-order chi connectivity index (χ1) is 10.9. The van der Waals surface area contributed by atoms with Crippen molar-refractivity contribution in [3.63, 3.8) is 0 Å². The number of benzene rings is 1. The van der Waals surface area contributed by atoms with E-state index >= 15 is 0 Å². The zero-order chi connectivity index (χ0) is 16.6. The van der Waals surface area contributed by atoms with E-state index in [1.807, 2.05) is 31.2 Å². The van der Waals surface area contributed by atoms with Crippen molar-refractivity contribution in [1.29, 1.82) is 0 Å². The summed E-state index contributed by atoms with van der Waals surface area (Å²) in [5, 5.41) is 0. The van der Waals surface area contributed by atoms with Gasteiger partial charge in [-0.2, -0.15) is 8.42 Å². The number of nitrogens with zero attached hydrogens (tertiary/aromatic N) is 2. The van der Waals surface area contributed by atoms with Crippen LogP contribution in [0.3, 0.4) is 0 Å². The summed E-state index contributed by atoms with van der Waals surface area (Å²) >= 11 is 0. The minimum absolute atomic E-state index is 0.369. The van der Waals surface area contributed by atoms with Gasteiger partial charge < -0.3 is 4.90 Å². The van der Waals surface area contributed by atoms with Crippen LogP contribution in [0.25, 0.3) is 4.91 Å². The summed E-state index contributed by atoms with van der Waals surface area (Å²) in [7, 11) is -3.60. The lowest BCUT2D eigenvalue weighted by molar-refractivity contribution is 0.343. The third-order valence-corrected chi connectivity index (χ3v) is 6.11. The van der Waals surface area contributed by atoms with E-state index in [2.05, 4.69) is 23.1 Å². The third-order valence-electron chi connectivity index (χ3n) is 4.64. The maximum absolute atomic E-state index is 12.6. The average molecular weight is 332 g/mol. The minimum Gasteiger partial charge on any atom is -0.356 e. The van der Waals surface area contributed by atoms with Crippen molar-refractivity contribution in [2.45, 2.75) is 46.0 Å². The average Bonchev–Trinajstić information content (AvgIpc) is 2.78. The Kier molecular flexibility index (Phi) is 4.32. The van der Waals surface area contributed by atoms with Gasteiger partial charge in [0, 0.05) is 18.7 Å². The van der Waals surface area contributed by atoms with Gasteiger partial charge in [0.05, 0.1) is 0 Å². The van der Waals surface area contributed by atoms with Gasteiger partial charge >= 0.3 is 0 Å². The van der Waals surface area contributed by atoms with Crippen molar-refractivity contribution in [3.05, 3.63) is 41.0 Å². The van der Waals surface area contributed by atoms with Gasteiger partial charge in [-0.1, -0.05) is 38.1 Å². The van der Waals surface area contributed by atoms with E-state index < -0.39 is 10.0 Å². The second-order valence-corrected chi connectivity index (χ2v) is 8.21. The highest BCUT2D eigenvalue weighted by Gasteiger charge is 2.33. The molecule has 0 unspecified atom stereocenters. The fraction of sp³-hybridized carbons (Fsp3) is 0.500. The van der Waals surface area contributed by atoms with E-state index in [0.717, 1.165) is 37.1 Å². The van der Waals surface area contributed by atoms with E-state index in [1.165, 1.54) is 12.0 Å². The molecule has 124 valence electrons. The molecule has 1 aromatic carbocycles. The maximum atomic E-state index is 12.6. The van der Waals surface area contributed by atoms with Crippen LogP contribution in [-0.4, -0.2) is 32.2 Å². The van der Waals surface area contributed by atoms with Crippen molar-refractivity contribution in [3.8, 4) is 0 Å². The molecular formula is C18H24N2O2S. The summed E-state index contributed by atoms with van der Waals surface area (Å²) in [6.07, 6.45) is 3.42. The normalized spacial score (nSPS) is 21.0. The molecule has 2 aliphatic heterocycles. The van der Waals surface area contributed by atoms with Crippen molar-refractivity contribution < 1.29 is 8.42 Å². The predicted molar refractivity (Wildman–Crippen MR) is 94.9 cm³/mol. The molecule has 1 saturated heterocycles. The van der Waals surface area contributed by atoms with Crippen LogP contribution in [0.2, 0.25) is 0 Å². The quantitative estimate of drug-likeness (QED) is 0.828. The number of amidine groups is 1. The molecular weight excluding hydrogens is 308 g/mol. The van der Waals surface area contributed by atoms with Crippen LogP contribution in [0, 0.1) is 0 Å². The zero-order valence-electron chi connectivity index (χ0n) is 14.0. The molecule has 0 atom stereocenters. The van der Waals surface area contributed by atoms with Gasteiger partial charge in [0.2, 0.25) is 0 Å². The van der Waals surface area contributed by atoms with E-state index in [-0.39, 0.29) is 0 Å². The highest BCUT2D eigenvalue weighted by molar-refractivity contribution is 8.00. The van der Waals surface area contributed by atoms with E-state index in [0.29, 0.717) is 16.7 Å². The Morgan fingerprint density at radius 1 is 1.04 bits per heavy atom. The van der Waals surface area contributed by atoms with Gasteiger partial charge in [-0.3, -0.25) is 0 Å². The Morgan fingerprint density at radius 2 is 1.65 bits per heavy atom. The van der Waals surface area contributed by atoms with Gasteiger partial charge in [0.25, 0.3) is 10.0 Å². The van der Waals surface area contributed by atoms with E-state index in [1.54, 1.807) is 0 Å². The lowest BCUT2D eigenvalue weighted by Gasteiger charge is -2.28. The summed E-state index contributed by atoms with van der Waals surface area (Å²) in [5.41, 5.74) is 2.73. The SMILES string of the molecule is CC1=C(c2ccc(C(C)C)cc2)S(=O)(=O)N=C1N1CCCCC1. The Bertz CT molecular complexity index is 753. The summed E-state index contributed by atoms with van der Waals surface area (Å²) < 4.78 is 29.2. The Labute approximate surface area is 139 Å². The molecule has 2 aliphatic rings. The van der Waals surface area contributed by atoms with E-state index in [9.17, 15) is 8.42 Å². The van der Waals surface area contributed by atoms with Crippen molar-refractivity contribution in [1.82, 2.24) is 4.90 Å². The van der Waals surface area contributed by atoms with Gasteiger partial charge in [0.1, 0.15) is 10.7 Å². The van der Waals surface area contributed by atoms with Gasteiger partial charge in [-0.15, -0.1) is 4.40 Å². The van der Waals surface area contributed by atoms with Crippen molar-refractivity contribution in [2.75, 3.05) is 13.1 Å². The van der Waals surface area contributed by atoms with Crippen LogP contribution in [0.4, 0.5) is 0 Å². The predicted octanol–water partition coefficient (Wildman–Crippen LogP) is 3.77. The molecule has 0 bridgehead atoms. The van der Waals surface area contributed by atoms with Crippen LogP contribution in [-0.2, 0) is 10.0 Å². The fourth-order valence-corrected chi connectivity index (χ4v) is 4.79. The largest absolute Gasteiger partial charge is 0.356 e. The smallest absolute Gasteiger partial charge is 0.285 e. The highest BCUT2D eigenvalue weighted by Crippen LogP contribution is 2.34. The molecule has 1 fully saturated rings. The summed E-state index contributed by atoms with van der Waals surface area (Å²) in [6.45, 7) is 7.92. The van der Waals surface area contributed by atoms with Crippen LogP contribution < -0.4 is 0 Å². The molecule has 0 saturated carbocycles. The van der Waals surface area contributed by atoms with Crippen molar-refractivity contribution in [2.24, 2.45) is 4.40 Å². The maximum Gasteiger partial charge on any atom is 0.285 e. The lowest BCUT2D eigenvalue weighted by atomic mass is 10.0. The Morgan fingerprint density at radius 3 is 2.22 bits per heavy atom. The fourth-order valence-electron chi connectivity index (χ4n) is 3.31. The molecule has 0 spiro atoms. The van der Waals surface area contributed by atoms with Crippen LogP contribution in [0.1, 0.15) is 57.1 Å². The topological polar surface area (TPSA) is 49.7 Å². The number of hydrogen-bond acceptors (Lipinski definition) is 3. The standard InChI is InChI=1S/C18H24N2O2S/c1-13(2)15-7-9-16(10-8-15)17-14(3)18(19-23(17,21)22)20-11-5-4-6-12-20/h7-10,13H,4-6,11-12H2,1-3H3. The van der Waals surface area contributed by atoms with Crippen LogP contribution in [0.5, 0.6) is 0 Å². The highest BCUT2D eigenvalue weighted by atomic mass is 32.2. The molecule has 5 heteroatoms. The molecule has 2 heterocycles. The molecule has 0 aliphatic carbocycles. The first kappa shape index (κ1) is 16.2. The van der Waals surface area contributed by atoms with Crippen LogP contribution in [0.15, 0.2) is 34.2 Å². The first-order valence-corrected chi connectivity index (χ1v) is 9.75. The molecule has 4 nitrogen and oxygen atoms in total. The second kappa shape index (κ2) is 6.11. The molecule has 23 heavy (non-hydrogen) atoms. The number of likely N-dealkylation sites (tertiary alicyclic amines) is 1. The number of sulfonamides is 1. The number of hydrogen-bond donors (Lipinski definition) is 0. The van der Waals surface area contributed by atoms with Gasteiger partial charge in [-0.25, -0.2) is 0 Å². The number of piperidine rings is 1. The zero-order valence-corrected chi connectivity index (χ0v) is 14.9. The Hall–Kier alpha value is -1.62. The summed E-state index contributed by atoms with van der Waals surface area (Å²) in [4.78, 5) is 2.49. The van der Waals surface area contributed by atoms with E-state index in [4.69, 9.17) is 0 Å². The number of rotatable bonds is 2. The Balaban J connectivity index is 1.99. The molecule has 0 radical (unpaired) electrons. The molecule has 1 aromatic rings. The summed E-state index contributed by atoms with van der Waals surface area (Å²) in [6, 6.07) is 7.82. The van der Waals surface area contributed by atoms with Crippen LogP contribution >= 0.6 is 0 Å². The second-order valence-electron chi connectivity index (χ2n) is 6.67. The van der Waals surface area contributed by atoms with Gasteiger partial charge in [-0.05, 0) is 43.2 Å². The summed E-state index contributed by atoms with van der Waals surface area (Å²) in [5.74, 6) is 1.08. The molecule has 3 rings (SSSR count). The molecule has 0 aromatic heterocycles. The minimum atomic E-state index is -3.60. The lowest BCUT2D eigenvalue weighted by Crippen LogP contribution is -2.35. The molecule has 0 N–H and O–H groups in total.